The van der Waals surface area contributed by atoms with Crippen LogP contribution in [0.2, 0.25) is 0 Å². The van der Waals surface area contributed by atoms with Gasteiger partial charge in [0.05, 0.1) is 11.8 Å². The smallest absolute Gasteiger partial charge is 0.379 e. The van der Waals surface area contributed by atoms with Crippen molar-refractivity contribution in [1.29, 1.82) is 0 Å². The Balaban J connectivity index is 2.05. The molecule has 0 radical (unpaired) electrons. The highest BCUT2D eigenvalue weighted by atomic mass is 19.4. The second-order valence-electron chi connectivity index (χ2n) is 3.82. The second-order valence-corrected chi connectivity index (χ2v) is 3.82. The number of hydrogen-bond donors (Lipinski definition) is 2. The Morgan fingerprint density at radius 3 is 2.76 bits per heavy atom. The predicted octanol–water partition coefficient (Wildman–Crippen LogP) is 1.43. The molecule has 0 bridgehead atoms. The summed E-state index contributed by atoms with van der Waals surface area (Å²) in [4.78, 5) is 11.5. The number of hydrogen-bond acceptors (Lipinski definition) is 6. The molecule has 2 rings (SSSR count). The van der Waals surface area contributed by atoms with Crippen LogP contribution >= 0.6 is 0 Å². The van der Waals surface area contributed by atoms with Crippen molar-refractivity contribution in [2.75, 3.05) is 5.73 Å². The summed E-state index contributed by atoms with van der Waals surface area (Å²) >= 11 is 0. The van der Waals surface area contributed by atoms with E-state index in [-0.39, 0.29) is 17.1 Å². The third kappa shape index (κ3) is 3.55. The molecule has 21 heavy (non-hydrogen) atoms. The van der Waals surface area contributed by atoms with Crippen molar-refractivity contribution in [3.63, 3.8) is 0 Å². The number of nitrogens with one attached hydrogen (secondary N) is 1. The number of amides is 1. The minimum Gasteiger partial charge on any atom is -0.379 e. The summed E-state index contributed by atoms with van der Waals surface area (Å²) in [5, 5.41) is 9.94. The average molecular weight is 299 g/mol. The van der Waals surface area contributed by atoms with Crippen LogP contribution in [0.3, 0.4) is 0 Å². The quantitative estimate of drug-likeness (QED) is 0.658. The Labute approximate surface area is 115 Å². The standard InChI is InChI=1S/C11H8F3N5O2/c12-11(13,14)7-3-1-2-6(4-7)5-16-17-10(20)8-9(15)19-21-18-8/h1-5H,(H2,15,19)(H,17,20)/b16-5+. The number of aromatic nitrogens is 2. The number of benzene rings is 1. The van der Waals surface area contributed by atoms with Gasteiger partial charge in [-0.05, 0) is 28.0 Å². The summed E-state index contributed by atoms with van der Waals surface area (Å²) in [6.45, 7) is 0. The van der Waals surface area contributed by atoms with Gasteiger partial charge >= 0.3 is 6.18 Å². The molecule has 0 unspecified atom stereocenters. The van der Waals surface area contributed by atoms with Gasteiger partial charge in [-0.15, -0.1) is 0 Å². The topological polar surface area (TPSA) is 106 Å². The van der Waals surface area contributed by atoms with Gasteiger partial charge in [0.15, 0.2) is 0 Å². The first-order valence-electron chi connectivity index (χ1n) is 5.46. The Bertz CT molecular complexity index is 680. The zero-order valence-electron chi connectivity index (χ0n) is 10.3. The van der Waals surface area contributed by atoms with Crippen LogP contribution in [-0.2, 0) is 6.18 Å². The zero-order valence-corrected chi connectivity index (χ0v) is 10.3. The normalized spacial score (nSPS) is 11.8. The first-order valence-corrected chi connectivity index (χ1v) is 5.46. The number of anilines is 1. The van der Waals surface area contributed by atoms with E-state index < -0.39 is 17.6 Å². The summed E-state index contributed by atoms with van der Waals surface area (Å²) in [6, 6.07) is 4.45. The van der Waals surface area contributed by atoms with Gasteiger partial charge < -0.3 is 5.73 Å². The molecular weight excluding hydrogens is 291 g/mol. The van der Waals surface area contributed by atoms with Gasteiger partial charge in [-0.2, -0.15) is 18.3 Å². The SMILES string of the molecule is Nc1nonc1C(=O)N/N=C/c1cccc(C(F)(F)F)c1. The highest BCUT2D eigenvalue weighted by Crippen LogP contribution is 2.29. The van der Waals surface area contributed by atoms with Crippen LogP contribution in [0.1, 0.15) is 21.6 Å². The highest BCUT2D eigenvalue weighted by molar-refractivity contribution is 5.96. The van der Waals surface area contributed by atoms with Crippen molar-refractivity contribution in [2.45, 2.75) is 6.18 Å². The number of alkyl halides is 3. The number of rotatable bonds is 3. The van der Waals surface area contributed by atoms with Crippen LogP contribution in [0.5, 0.6) is 0 Å². The molecule has 0 fully saturated rings. The number of halogens is 3. The van der Waals surface area contributed by atoms with Crippen molar-refractivity contribution in [1.82, 2.24) is 15.7 Å². The maximum atomic E-state index is 12.5. The van der Waals surface area contributed by atoms with Crippen LogP contribution in [0, 0.1) is 0 Å². The Kier molecular flexibility index (Phi) is 3.87. The van der Waals surface area contributed by atoms with E-state index in [1.165, 1.54) is 12.1 Å². The molecule has 1 aromatic carbocycles. The molecule has 3 N–H and O–H groups in total. The third-order valence-electron chi connectivity index (χ3n) is 2.32. The summed E-state index contributed by atoms with van der Waals surface area (Å²) in [5.74, 6) is -1.02. The third-order valence-corrected chi connectivity index (χ3v) is 2.32. The summed E-state index contributed by atoms with van der Waals surface area (Å²) in [7, 11) is 0. The number of carbonyl (C=O) groups excluding carboxylic acids is 1. The lowest BCUT2D eigenvalue weighted by Gasteiger charge is -2.06. The number of nitrogens with zero attached hydrogens (tertiary/aromatic N) is 3. The molecule has 0 spiro atoms. The van der Waals surface area contributed by atoms with E-state index in [0.29, 0.717) is 0 Å². The van der Waals surface area contributed by atoms with Crippen LogP contribution < -0.4 is 11.2 Å². The van der Waals surface area contributed by atoms with Gasteiger partial charge in [0, 0.05) is 0 Å². The number of nitrogens with two attached hydrogens (primary N) is 1. The molecule has 0 aliphatic carbocycles. The van der Waals surface area contributed by atoms with Crippen molar-refractivity contribution in [3.05, 3.63) is 41.1 Å². The van der Waals surface area contributed by atoms with E-state index in [9.17, 15) is 18.0 Å². The van der Waals surface area contributed by atoms with Crippen molar-refractivity contribution < 1.29 is 22.6 Å². The molecule has 0 saturated heterocycles. The molecule has 7 nitrogen and oxygen atoms in total. The average Bonchev–Trinajstić information content (AvgIpc) is 2.84. The number of hydrazone groups is 1. The Morgan fingerprint density at radius 1 is 1.38 bits per heavy atom. The molecule has 0 aliphatic rings. The van der Waals surface area contributed by atoms with Crippen LogP contribution in [-0.4, -0.2) is 22.4 Å². The van der Waals surface area contributed by atoms with Crippen molar-refractivity contribution in [3.8, 4) is 0 Å². The van der Waals surface area contributed by atoms with E-state index in [0.717, 1.165) is 18.3 Å². The molecule has 0 aliphatic heterocycles. The molecule has 0 saturated carbocycles. The minimum absolute atomic E-state index is 0.163. The number of carbonyl (C=O) groups is 1. The van der Waals surface area contributed by atoms with E-state index in [4.69, 9.17) is 5.73 Å². The molecule has 1 amide bonds. The van der Waals surface area contributed by atoms with Crippen molar-refractivity contribution in [2.24, 2.45) is 5.10 Å². The Morgan fingerprint density at radius 2 is 2.14 bits per heavy atom. The second kappa shape index (κ2) is 5.61. The van der Waals surface area contributed by atoms with E-state index in [1.54, 1.807) is 0 Å². The summed E-state index contributed by atoms with van der Waals surface area (Å²) in [6.07, 6.45) is -3.40. The van der Waals surface area contributed by atoms with Gasteiger partial charge in [0.25, 0.3) is 5.91 Å². The first kappa shape index (κ1) is 14.5. The maximum absolute atomic E-state index is 12.5. The zero-order chi connectivity index (χ0) is 15.5. The maximum Gasteiger partial charge on any atom is 0.416 e. The van der Waals surface area contributed by atoms with Gasteiger partial charge in [0.2, 0.25) is 11.5 Å². The molecule has 0 atom stereocenters. The fourth-order valence-corrected chi connectivity index (χ4v) is 1.37. The molecule has 1 heterocycles. The van der Waals surface area contributed by atoms with Crippen LogP contribution in [0.25, 0.3) is 0 Å². The molecule has 110 valence electrons. The lowest BCUT2D eigenvalue weighted by Crippen LogP contribution is -2.19. The number of nitrogen functional groups attached to an aromatic ring is 1. The van der Waals surface area contributed by atoms with Gasteiger partial charge in [-0.3, -0.25) is 4.79 Å². The predicted molar refractivity (Wildman–Crippen MR) is 65.2 cm³/mol. The van der Waals surface area contributed by atoms with Crippen LogP contribution in [0.15, 0.2) is 34.0 Å². The van der Waals surface area contributed by atoms with Gasteiger partial charge in [0.1, 0.15) is 0 Å². The van der Waals surface area contributed by atoms with Crippen LogP contribution in [0.4, 0.5) is 19.0 Å². The monoisotopic (exact) mass is 299 g/mol. The van der Waals surface area contributed by atoms with E-state index >= 15 is 0 Å². The van der Waals surface area contributed by atoms with Crippen molar-refractivity contribution >= 4 is 17.9 Å². The molecule has 2 aromatic rings. The fourth-order valence-electron chi connectivity index (χ4n) is 1.37. The van der Waals surface area contributed by atoms with Gasteiger partial charge in [-0.1, -0.05) is 12.1 Å². The molecule has 1 aromatic heterocycles. The minimum atomic E-state index is -4.45. The highest BCUT2D eigenvalue weighted by Gasteiger charge is 2.30. The largest absolute Gasteiger partial charge is 0.416 e. The lowest BCUT2D eigenvalue weighted by molar-refractivity contribution is -0.137. The summed E-state index contributed by atoms with van der Waals surface area (Å²) in [5.41, 5.74) is 6.41. The van der Waals surface area contributed by atoms with E-state index in [2.05, 4.69) is 20.0 Å². The summed E-state index contributed by atoms with van der Waals surface area (Å²) < 4.78 is 41.7. The van der Waals surface area contributed by atoms with E-state index in [1.807, 2.05) is 5.43 Å². The first-order chi connectivity index (χ1) is 9.88. The fraction of sp³-hybridized carbons (Fsp3) is 0.0909. The molecule has 10 heteroatoms. The Hall–Kier alpha value is -2.91. The lowest BCUT2D eigenvalue weighted by atomic mass is 10.1. The van der Waals surface area contributed by atoms with Gasteiger partial charge in [-0.25, -0.2) is 10.1 Å². The molecular formula is C11H8F3N5O2.